The number of carbonyl (C=O) groups excluding carboxylic acids is 1. The average Bonchev–Trinajstić information content (AvgIpc) is 2.37. The molecule has 2 atom stereocenters. The summed E-state index contributed by atoms with van der Waals surface area (Å²) in [6.07, 6.45) is 4.66. The van der Waals surface area contributed by atoms with E-state index in [4.69, 9.17) is 0 Å². The number of aromatic nitrogens is 1. The van der Waals surface area contributed by atoms with Crippen LogP contribution in [0.5, 0.6) is 0 Å². The van der Waals surface area contributed by atoms with Crippen LogP contribution < -0.4 is 5.56 Å². The van der Waals surface area contributed by atoms with Crippen LogP contribution in [-0.4, -0.2) is 28.9 Å². The average molecular weight is 248 g/mol. The second kappa shape index (κ2) is 5.38. The minimum absolute atomic E-state index is 0.0912. The monoisotopic (exact) mass is 248 g/mol. The summed E-state index contributed by atoms with van der Waals surface area (Å²) in [6, 6.07) is 4.98. The Kier molecular flexibility index (Phi) is 3.84. The molecule has 0 saturated heterocycles. The molecule has 1 aromatic heterocycles. The molecule has 1 N–H and O–H groups in total. The Balaban J connectivity index is 2.15. The van der Waals surface area contributed by atoms with Gasteiger partial charge in [0.05, 0.1) is 0 Å². The Bertz CT molecular complexity index is 481. The van der Waals surface area contributed by atoms with Crippen LogP contribution in [0, 0.1) is 5.92 Å². The SMILES string of the molecule is CC1CCCCC1N(C)C(=O)c1cccc(=O)[nH]1. The van der Waals surface area contributed by atoms with Gasteiger partial charge in [0.25, 0.3) is 5.91 Å². The number of nitrogens with zero attached hydrogens (tertiary/aromatic N) is 1. The zero-order valence-electron chi connectivity index (χ0n) is 11.0. The molecule has 18 heavy (non-hydrogen) atoms. The van der Waals surface area contributed by atoms with Crippen LogP contribution in [0.2, 0.25) is 0 Å². The second-order valence-corrected chi connectivity index (χ2v) is 5.17. The predicted molar refractivity (Wildman–Crippen MR) is 70.6 cm³/mol. The van der Waals surface area contributed by atoms with Gasteiger partial charge in [-0.15, -0.1) is 0 Å². The Hall–Kier alpha value is -1.58. The summed E-state index contributed by atoms with van der Waals surface area (Å²) in [4.78, 5) is 27.9. The summed E-state index contributed by atoms with van der Waals surface area (Å²) in [5, 5.41) is 0. The highest BCUT2D eigenvalue weighted by Gasteiger charge is 2.28. The minimum atomic E-state index is -0.231. The normalized spacial score (nSPS) is 23.7. The van der Waals surface area contributed by atoms with E-state index in [2.05, 4.69) is 11.9 Å². The van der Waals surface area contributed by atoms with E-state index in [0.29, 0.717) is 11.6 Å². The third kappa shape index (κ3) is 2.63. The van der Waals surface area contributed by atoms with Crippen molar-refractivity contribution in [3.63, 3.8) is 0 Å². The number of H-pyrrole nitrogens is 1. The van der Waals surface area contributed by atoms with Gasteiger partial charge in [-0.2, -0.15) is 0 Å². The maximum absolute atomic E-state index is 12.3. The van der Waals surface area contributed by atoms with Crippen molar-refractivity contribution in [1.29, 1.82) is 0 Å². The van der Waals surface area contributed by atoms with Gasteiger partial charge in [0.15, 0.2) is 0 Å². The number of aromatic amines is 1. The zero-order chi connectivity index (χ0) is 13.1. The molecule has 98 valence electrons. The molecule has 0 aliphatic heterocycles. The molecule has 0 radical (unpaired) electrons. The summed E-state index contributed by atoms with van der Waals surface area (Å²) >= 11 is 0. The van der Waals surface area contributed by atoms with Crippen LogP contribution in [0.1, 0.15) is 43.1 Å². The van der Waals surface area contributed by atoms with E-state index < -0.39 is 0 Å². The molecule has 1 amide bonds. The molecule has 2 unspecified atom stereocenters. The fourth-order valence-corrected chi connectivity index (χ4v) is 2.79. The van der Waals surface area contributed by atoms with Crippen LogP contribution >= 0.6 is 0 Å². The molecule has 1 fully saturated rings. The number of hydrogen-bond donors (Lipinski definition) is 1. The molecule has 1 aliphatic rings. The van der Waals surface area contributed by atoms with Gasteiger partial charge in [-0.05, 0) is 24.8 Å². The smallest absolute Gasteiger partial charge is 0.270 e. The van der Waals surface area contributed by atoms with Crippen molar-refractivity contribution in [3.8, 4) is 0 Å². The highest BCUT2D eigenvalue weighted by molar-refractivity contribution is 5.92. The number of carbonyl (C=O) groups is 1. The van der Waals surface area contributed by atoms with Crippen LogP contribution in [0.4, 0.5) is 0 Å². The molecular weight excluding hydrogens is 228 g/mol. The molecule has 0 bridgehead atoms. The summed E-state index contributed by atoms with van der Waals surface area (Å²) in [6.45, 7) is 2.20. The molecule has 1 heterocycles. The molecule has 4 nitrogen and oxygen atoms in total. The van der Waals surface area contributed by atoms with Gasteiger partial charge in [-0.3, -0.25) is 9.59 Å². The van der Waals surface area contributed by atoms with Crippen molar-refractivity contribution in [2.45, 2.75) is 38.6 Å². The van der Waals surface area contributed by atoms with Gasteiger partial charge < -0.3 is 9.88 Å². The molecule has 0 spiro atoms. The van der Waals surface area contributed by atoms with E-state index in [1.807, 2.05) is 7.05 Å². The van der Waals surface area contributed by atoms with E-state index in [9.17, 15) is 9.59 Å². The first-order chi connectivity index (χ1) is 8.59. The lowest BCUT2D eigenvalue weighted by Crippen LogP contribution is -2.43. The molecule has 2 rings (SSSR count). The van der Waals surface area contributed by atoms with Gasteiger partial charge in [0.1, 0.15) is 5.69 Å². The Morgan fingerprint density at radius 1 is 1.33 bits per heavy atom. The predicted octanol–water partition coefficient (Wildman–Crippen LogP) is 2.03. The first-order valence-corrected chi connectivity index (χ1v) is 6.56. The maximum atomic E-state index is 12.3. The molecule has 1 aliphatic carbocycles. The fraction of sp³-hybridized carbons (Fsp3) is 0.571. The summed E-state index contributed by atoms with van der Waals surface area (Å²) < 4.78 is 0. The van der Waals surface area contributed by atoms with Gasteiger partial charge >= 0.3 is 0 Å². The van der Waals surface area contributed by atoms with Crippen molar-refractivity contribution < 1.29 is 4.79 Å². The largest absolute Gasteiger partial charge is 0.337 e. The van der Waals surface area contributed by atoms with Gasteiger partial charge in [0, 0.05) is 19.2 Å². The van der Waals surface area contributed by atoms with Crippen molar-refractivity contribution in [2.75, 3.05) is 7.05 Å². The summed E-state index contributed by atoms with van der Waals surface area (Å²) in [7, 11) is 1.83. The highest BCUT2D eigenvalue weighted by atomic mass is 16.2. The van der Waals surface area contributed by atoms with Crippen molar-refractivity contribution in [2.24, 2.45) is 5.92 Å². The third-order valence-electron chi connectivity index (χ3n) is 3.88. The Morgan fingerprint density at radius 2 is 2.06 bits per heavy atom. The van der Waals surface area contributed by atoms with E-state index in [-0.39, 0.29) is 17.5 Å². The first-order valence-electron chi connectivity index (χ1n) is 6.56. The van der Waals surface area contributed by atoms with Crippen LogP contribution in [0.15, 0.2) is 23.0 Å². The van der Waals surface area contributed by atoms with Crippen LogP contribution in [0.25, 0.3) is 0 Å². The third-order valence-corrected chi connectivity index (χ3v) is 3.88. The standard InChI is InChI=1S/C14H20N2O2/c1-10-6-3-4-8-12(10)16(2)14(18)11-7-5-9-13(17)15-11/h5,7,9-10,12H,3-4,6,8H2,1-2H3,(H,15,17). The van der Waals surface area contributed by atoms with Gasteiger partial charge in [0.2, 0.25) is 5.56 Å². The fourth-order valence-electron chi connectivity index (χ4n) is 2.79. The number of pyridine rings is 1. The van der Waals surface area contributed by atoms with Crippen molar-refractivity contribution in [1.82, 2.24) is 9.88 Å². The molecule has 1 aromatic rings. The van der Waals surface area contributed by atoms with E-state index in [0.717, 1.165) is 6.42 Å². The zero-order valence-corrected chi connectivity index (χ0v) is 11.0. The molecule has 0 aromatic carbocycles. The van der Waals surface area contributed by atoms with Crippen LogP contribution in [-0.2, 0) is 0 Å². The molecule has 4 heteroatoms. The second-order valence-electron chi connectivity index (χ2n) is 5.17. The molecular formula is C14H20N2O2. The first kappa shape index (κ1) is 12.9. The lowest BCUT2D eigenvalue weighted by Gasteiger charge is -2.36. The number of amides is 1. The van der Waals surface area contributed by atoms with Crippen molar-refractivity contribution in [3.05, 3.63) is 34.2 Å². The maximum Gasteiger partial charge on any atom is 0.270 e. The van der Waals surface area contributed by atoms with Gasteiger partial charge in [-0.25, -0.2) is 0 Å². The quantitative estimate of drug-likeness (QED) is 0.870. The lowest BCUT2D eigenvalue weighted by atomic mass is 9.85. The lowest BCUT2D eigenvalue weighted by molar-refractivity contribution is 0.0623. The summed E-state index contributed by atoms with van der Waals surface area (Å²) in [5.74, 6) is 0.439. The number of rotatable bonds is 2. The highest BCUT2D eigenvalue weighted by Crippen LogP contribution is 2.27. The Labute approximate surface area is 107 Å². The van der Waals surface area contributed by atoms with E-state index in [1.165, 1.54) is 25.3 Å². The number of hydrogen-bond acceptors (Lipinski definition) is 2. The molecule has 1 saturated carbocycles. The number of nitrogens with one attached hydrogen (secondary N) is 1. The summed E-state index contributed by atoms with van der Waals surface area (Å²) in [5.41, 5.74) is 0.147. The van der Waals surface area contributed by atoms with E-state index in [1.54, 1.807) is 17.0 Å². The van der Waals surface area contributed by atoms with Gasteiger partial charge in [-0.1, -0.05) is 25.8 Å². The van der Waals surface area contributed by atoms with Crippen molar-refractivity contribution >= 4 is 5.91 Å². The van der Waals surface area contributed by atoms with Crippen LogP contribution in [0.3, 0.4) is 0 Å². The Morgan fingerprint density at radius 3 is 2.72 bits per heavy atom. The van der Waals surface area contributed by atoms with E-state index >= 15 is 0 Å². The topological polar surface area (TPSA) is 53.2 Å². The minimum Gasteiger partial charge on any atom is -0.337 e.